The highest BCUT2D eigenvalue weighted by Crippen LogP contribution is 2.41. The van der Waals surface area contributed by atoms with Gasteiger partial charge in [0.25, 0.3) is 11.8 Å². The van der Waals surface area contributed by atoms with E-state index in [0.717, 1.165) is 80.5 Å². The number of carbonyl (C=O) groups excluding carboxylic acids is 5. The Labute approximate surface area is 324 Å². The standard InChI is InChI=1S/C41H45N9O6/c51-35-4-2-1-3-30(35)32-16-34-37(45-44-32)42-17-28-22-46(13-14-49(28)34)39(54)23-5-7-26(8-6-23)47-18-24-20-48(21-25(24)19-47)27-9-10-29-31(15-27)41(56)50(40(29)55)33-11-12-36(52)43-38(33)53/h1-4,9-10,15-16,23-26,28,33,51H,5-8,11-14,17-22H2,(H,42,45)(H,43,52,53)/t23?,24-,25-,26?,28-,33?/m0/s1. The molecule has 1 aromatic heterocycles. The number of piperazine rings is 1. The van der Waals surface area contributed by atoms with Crippen LogP contribution in [0.3, 0.4) is 0 Å². The maximum absolute atomic E-state index is 13.9. The topological polar surface area (TPSA) is 172 Å². The van der Waals surface area contributed by atoms with Gasteiger partial charge in [-0.1, -0.05) is 12.1 Å². The number of fused-ring (bicyclic) bond motifs is 5. The number of imide groups is 2. The van der Waals surface area contributed by atoms with Crippen LogP contribution in [0.5, 0.6) is 5.75 Å². The average Bonchev–Trinajstić information content (AvgIpc) is 3.88. The number of carbonyl (C=O) groups is 5. The van der Waals surface area contributed by atoms with Gasteiger partial charge in [0.1, 0.15) is 11.8 Å². The average molecular weight is 760 g/mol. The molecule has 56 heavy (non-hydrogen) atoms. The third-order valence-electron chi connectivity index (χ3n) is 13.4. The van der Waals surface area contributed by atoms with E-state index in [1.807, 2.05) is 24.3 Å². The van der Waals surface area contributed by atoms with Gasteiger partial charge in [0, 0.05) is 82.0 Å². The maximum Gasteiger partial charge on any atom is 0.262 e. The van der Waals surface area contributed by atoms with Gasteiger partial charge in [0.15, 0.2) is 5.82 Å². The summed E-state index contributed by atoms with van der Waals surface area (Å²) in [5, 5.41) is 24.8. The molecule has 7 aliphatic rings. The molecule has 2 aromatic carbocycles. The summed E-state index contributed by atoms with van der Waals surface area (Å²) in [6.45, 7) is 6.54. The number of hydrogen-bond donors (Lipinski definition) is 3. The second-order valence-corrected chi connectivity index (χ2v) is 16.6. The Bertz CT molecular complexity index is 2140. The van der Waals surface area contributed by atoms with Crippen LogP contribution in [-0.2, 0) is 14.4 Å². The lowest BCUT2D eigenvalue weighted by Crippen LogP contribution is -2.60. The zero-order valence-electron chi connectivity index (χ0n) is 31.1. The third-order valence-corrected chi connectivity index (χ3v) is 13.4. The van der Waals surface area contributed by atoms with Gasteiger partial charge in [0.2, 0.25) is 17.7 Å². The number of anilines is 3. The van der Waals surface area contributed by atoms with Crippen molar-refractivity contribution in [3.8, 4) is 17.0 Å². The number of aromatic hydroxyl groups is 1. The fourth-order valence-corrected chi connectivity index (χ4v) is 10.5. The summed E-state index contributed by atoms with van der Waals surface area (Å²) >= 11 is 0. The van der Waals surface area contributed by atoms with Gasteiger partial charge in [-0.15, -0.1) is 10.2 Å². The van der Waals surface area contributed by atoms with Crippen LogP contribution in [0, 0.1) is 17.8 Å². The van der Waals surface area contributed by atoms with Gasteiger partial charge in [-0.05, 0) is 80.3 Å². The summed E-state index contributed by atoms with van der Waals surface area (Å²) in [5.41, 5.74) is 3.75. The first-order valence-corrected chi connectivity index (χ1v) is 20.0. The summed E-state index contributed by atoms with van der Waals surface area (Å²) in [6.07, 6.45) is 4.10. The summed E-state index contributed by atoms with van der Waals surface area (Å²) in [5.74, 6) is 0.291. The van der Waals surface area contributed by atoms with Crippen molar-refractivity contribution < 1.29 is 29.1 Å². The van der Waals surface area contributed by atoms with Gasteiger partial charge in [0.05, 0.1) is 28.6 Å². The minimum atomic E-state index is -0.971. The lowest BCUT2D eigenvalue weighted by molar-refractivity contribution is -0.138. The number of phenols is 1. The van der Waals surface area contributed by atoms with Gasteiger partial charge in [-0.25, -0.2) is 0 Å². The van der Waals surface area contributed by atoms with Crippen molar-refractivity contribution in [3.05, 3.63) is 59.7 Å². The molecule has 15 nitrogen and oxygen atoms in total. The van der Waals surface area contributed by atoms with Gasteiger partial charge >= 0.3 is 0 Å². The molecule has 7 heterocycles. The fraction of sp³-hybridized carbons (Fsp3) is 0.488. The third kappa shape index (κ3) is 5.85. The Hall–Kier alpha value is -5.57. The maximum atomic E-state index is 13.9. The summed E-state index contributed by atoms with van der Waals surface area (Å²) in [7, 11) is 0. The molecule has 4 saturated heterocycles. The van der Waals surface area contributed by atoms with Crippen molar-refractivity contribution in [1.29, 1.82) is 0 Å². The number of rotatable bonds is 5. The molecule has 4 atom stereocenters. The molecule has 6 aliphatic heterocycles. The first kappa shape index (κ1) is 34.9. The zero-order valence-corrected chi connectivity index (χ0v) is 31.1. The Balaban J connectivity index is 0.717. The summed E-state index contributed by atoms with van der Waals surface area (Å²) in [4.78, 5) is 75.0. The van der Waals surface area contributed by atoms with Gasteiger partial charge < -0.3 is 25.1 Å². The molecule has 5 fully saturated rings. The number of nitrogens with zero attached hydrogens (tertiary/aromatic N) is 7. The van der Waals surface area contributed by atoms with Crippen LogP contribution in [-0.4, -0.2) is 130 Å². The predicted octanol–water partition coefficient (Wildman–Crippen LogP) is 2.32. The zero-order chi connectivity index (χ0) is 38.2. The van der Waals surface area contributed by atoms with Crippen molar-refractivity contribution in [2.45, 2.75) is 56.7 Å². The van der Waals surface area contributed by atoms with Crippen LogP contribution in [0.15, 0.2) is 48.5 Å². The Morgan fingerprint density at radius 2 is 1.54 bits per heavy atom. The van der Waals surface area contributed by atoms with Gasteiger partial charge in [-0.2, -0.15) is 0 Å². The van der Waals surface area contributed by atoms with Crippen molar-refractivity contribution in [2.75, 3.05) is 67.5 Å². The minimum absolute atomic E-state index is 0.0538. The molecular weight excluding hydrogens is 715 g/mol. The minimum Gasteiger partial charge on any atom is -0.507 e. The SMILES string of the molecule is O=C1CCC(N2C(=O)c3ccc(N4C[C@@H]5CN(C6CCC(C(=O)N7CCN8c9cc(-c%10ccccc%10O)nnc9NC[C@H]8C7)CC6)C[C@H]5C4)cc3C2=O)C(=O)N1. The van der Waals surface area contributed by atoms with E-state index in [4.69, 9.17) is 0 Å². The molecule has 1 aliphatic carbocycles. The van der Waals surface area contributed by atoms with Crippen molar-refractivity contribution in [2.24, 2.45) is 17.8 Å². The highest BCUT2D eigenvalue weighted by atomic mass is 16.3. The first-order valence-electron chi connectivity index (χ1n) is 20.0. The second kappa shape index (κ2) is 13.6. The number of phenolic OH excluding ortho intramolecular Hbond substituents is 1. The molecule has 1 unspecified atom stereocenters. The fourth-order valence-electron chi connectivity index (χ4n) is 10.5. The Morgan fingerprint density at radius 1 is 0.768 bits per heavy atom. The second-order valence-electron chi connectivity index (χ2n) is 16.6. The highest BCUT2D eigenvalue weighted by Gasteiger charge is 2.47. The smallest absolute Gasteiger partial charge is 0.262 e. The van der Waals surface area contributed by atoms with E-state index in [9.17, 15) is 29.1 Å². The van der Waals surface area contributed by atoms with Crippen molar-refractivity contribution in [3.63, 3.8) is 0 Å². The number of benzene rings is 2. The molecule has 10 rings (SSSR count). The van der Waals surface area contributed by atoms with E-state index in [-0.39, 0.29) is 42.4 Å². The molecule has 5 amide bonds. The molecule has 0 radical (unpaired) electrons. The molecular formula is C41H45N9O6. The predicted molar refractivity (Wildman–Crippen MR) is 205 cm³/mol. The summed E-state index contributed by atoms with van der Waals surface area (Å²) in [6, 6.07) is 14.2. The van der Waals surface area contributed by atoms with Crippen LogP contribution < -0.4 is 20.4 Å². The monoisotopic (exact) mass is 759 g/mol. The normalized spacial score (nSPS) is 28.8. The quantitative estimate of drug-likeness (QED) is 0.325. The molecule has 290 valence electrons. The lowest BCUT2D eigenvalue weighted by atomic mass is 9.84. The van der Waals surface area contributed by atoms with Crippen LogP contribution in [0.1, 0.15) is 59.2 Å². The number of hydrogen-bond acceptors (Lipinski definition) is 12. The molecule has 3 N–H and O–H groups in total. The number of likely N-dealkylation sites (tertiary alicyclic amines) is 1. The molecule has 0 bridgehead atoms. The lowest BCUT2D eigenvalue weighted by Gasteiger charge is -2.46. The van der Waals surface area contributed by atoms with E-state index in [1.54, 1.807) is 24.3 Å². The molecule has 1 saturated carbocycles. The van der Waals surface area contributed by atoms with E-state index in [1.165, 1.54) is 0 Å². The number of para-hydroxylation sites is 1. The summed E-state index contributed by atoms with van der Waals surface area (Å²) < 4.78 is 0. The number of aromatic nitrogens is 2. The number of nitrogens with one attached hydrogen (secondary N) is 2. The van der Waals surface area contributed by atoms with Crippen molar-refractivity contribution >= 4 is 46.7 Å². The van der Waals surface area contributed by atoms with Gasteiger partial charge in [-0.3, -0.25) is 39.1 Å². The molecule has 15 heteroatoms. The largest absolute Gasteiger partial charge is 0.507 e. The van der Waals surface area contributed by atoms with Crippen molar-refractivity contribution in [1.82, 2.24) is 30.2 Å². The van der Waals surface area contributed by atoms with E-state index < -0.39 is 23.8 Å². The Kier molecular flexibility index (Phi) is 8.45. The Morgan fingerprint density at radius 3 is 2.30 bits per heavy atom. The van der Waals surface area contributed by atoms with E-state index >= 15 is 0 Å². The first-order chi connectivity index (χ1) is 27.2. The highest BCUT2D eigenvalue weighted by molar-refractivity contribution is 6.23. The van der Waals surface area contributed by atoms with E-state index in [0.29, 0.717) is 59.9 Å². The van der Waals surface area contributed by atoms with Crippen LogP contribution in [0.4, 0.5) is 17.2 Å². The number of piperidine rings is 1. The van der Waals surface area contributed by atoms with Crippen LogP contribution >= 0.6 is 0 Å². The molecule has 0 spiro atoms. The van der Waals surface area contributed by atoms with E-state index in [2.05, 4.69) is 40.4 Å². The van der Waals surface area contributed by atoms with Crippen LogP contribution in [0.2, 0.25) is 0 Å². The molecule has 3 aromatic rings. The number of amides is 5. The van der Waals surface area contributed by atoms with Crippen LogP contribution in [0.25, 0.3) is 11.3 Å².